The second-order valence-electron chi connectivity index (χ2n) is 3.97. The molecule has 0 heterocycles. The lowest BCUT2D eigenvalue weighted by Gasteiger charge is -2.20. The zero-order valence-corrected chi connectivity index (χ0v) is 8.48. The van der Waals surface area contributed by atoms with Crippen LogP contribution in [-0.2, 0) is 0 Å². The number of rotatable bonds is 2. The molecule has 0 fully saturated rings. The van der Waals surface area contributed by atoms with Crippen molar-refractivity contribution in [3.05, 3.63) is 34.4 Å². The van der Waals surface area contributed by atoms with Gasteiger partial charge in [0.05, 0.1) is 11.0 Å². The van der Waals surface area contributed by atoms with E-state index in [4.69, 9.17) is 4.74 Å². The van der Waals surface area contributed by atoms with Crippen molar-refractivity contribution in [2.45, 2.75) is 26.4 Å². The van der Waals surface area contributed by atoms with Gasteiger partial charge in [0.1, 0.15) is 11.4 Å². The monoisotopic (exact) mass is 195 g/mol. The van der Waals surface area contributed by atoms with Gasteiger partial charge in [-0.1, -0.05) is 6.07 Å². The van der Waals surface area contributed by atoms with Gasteiger partial charge in [0.2, 0.25) is 0 Å². The molecule has 0 aliphatic carbocycles. The minimum Gasteiger partial charge on any atom is -0.488 e. The van der Waals surface area contributed by atoms with Crippen molar-refractivity contribution in [1.29, 1.82) is 0 Å². The number of nitro groups is 1. The number of nitrogens with zero attached hydrogens (tertiary/aromatic N) is 1. The Labute approximate surface area is 82.7 Å². The molecule has 0 aliphatic rings. The van der Waals surface area contributed by atoms with Gasteiger partial charge < -0.3 is 4.74 Å². The van der Waals surface area contributed by atoms with Gasteiger partial charge >= 0.3 is 0 Å². The van der Waals surface area contributed by atoms with Crippen molar-refractivity contribution in [1.82, 2.24) is 0 Å². The van der Waals surface area contributed by atoms with E-state index in [1.807, 2.05) is 20.8 Å². The number of ether oxygens (including phenoxy) is 1. The fraction of sp³-hybridized carbons (Fsp3) is 0.400. The number of nitro benzene ring substituents is 1. The third-order valence-corrected chi connectivity index (χ3v) is 1.45. The van der Waals surface area contributed by atoms with Crippen LogP contribution in [0.25, 0.3) is 0 Å². The molecule has 0 aliphatic heterocycles. The van der Waals surface area contributed by atoms with Crippen LogP contribution in [0, 0.1) is 10.1 Å². The minimum atomic E-state index is -0.435. The molecule has 4 nitrogen and oxygen atoms in total. The Morgan fingerprint density at radius 1 is 1.36 bits per heavy atom. The first-order chi connectivity index (χ1) is 6.38. The summed E-state index contributed by atoms with van der Waals surface area (Å²) < 4.78 is 5.49. The van der Waals surface area contributed by atoms with Gasteiger partial charge in [-0.3, -0.25) is 10.1 Å². The molecule has 1 aromatic rings. The summed E-state index contributed by atoms with van der Waals surface area (Å²) >= 11 is 0. The molecule has 1 rings (SSSR count). The Bertz CT molecular complexity index is 341. The largest absolute Gasteiger partial charge is 0.488 e. The van der Waals surface area contributed by atoms with Gasteiger partial charge in [-0.25, -0.2) is 0 Å². The SMILES string of the molecule is CC(C)(C)Oc1cccc([N+](=O)[O-])c1. The molecular weight excluding hydrogens is 182 g/mol. The quantitative estimate of drug-likeness (QED) is 0.538. The maximum Gasteiger partial charge on any atom is 0.273 e. The van der Waals surface area contributed by atoms with Crippen LogP contribution in [0.15, 0.2) is 24.3 Å². The molecular formula is C10H13NO3. The van der Waals surface area contributed by atoms with E-state index in [2.05, 4.69) is 0 Å². The average molecular weight is 195 g/mol. The van der Waals surface area contributed by atoms with E-state index in [0.29, 0.717) is 5.75 Å². The number of hydrogen-bond acceptors (Lipinski definition) is 3. The molecule has 0 amide bonds. The molecule has 0 radical (unpaired) electrons. The van der Waals surface area contributed by atoms with Gasteiger partial charge in [0.25, 0.3) is 5.69 Å². The Kier molecular flexibility index (Phi) is 2.74. The molecule has 14 heavy (non-hydrogen) atoms. The lowest BCUT2D eigenvalue weighted by atomic mass is 10.2. The molecule has 0 aromatic heterocycles. The molecule has 76 valence electrons. The van der Waals surface area contributed by atoms with Crippen LogP contribution in [0.5, 0.6) is 5.75 Å². The van der Waals surface area contributed by atoms with Gasteiger partial charge in [-0.2, -0.15) is 0 Å². The van der Waals surface area contributed by atoms with Crippen molar-refractivity contribution in [2.24, 2.45) is 0 Å². The Balaban J connectivity index is 2.89. The first-order valence-corrected chi connectivity index (χ1v) is 4.32. The average Bonchev–Trinajstić information content (AvgIpc) is 2.01. The van der Waals surface area contributed by atoms with E-state index < -0.39 is 4.92 Å². The van der Waals surface area contributed by atoms with Crippen molar-refractivity contribution >= 4 is 5.69 Å². The molecule has 0 saturated heterocycles. The molecule has 0 saturated carbocycles. The number of benzene rings is 1. The third kappa shape index (κ3) is 3.05. The Morgan fingerprint density at radius 3 is 2.50 bits per heavy atom. The molecule has 0 bridgehead atoms. The molecule has 1 aromatic carbocycles. The predicted octanol–water partition coefficient (Wildman–Crippen LogP) is 2.77. The molecule has 0 N–H and O–H groups in total. The van der Waals surface area contributed by atoms with Crippen LogP contribution in [0.4, 0.5) is 5.69 Å². The van der Waals surface area contributed by atoms with Gasteiger partial charge in [0, 0.05) is 6.07 Å². The second kappa shape index (κ2) is 3.65. The summed E-state index contributed by atoms with van der Waals surface area (Å²) in [6.07, 6.45) is 0. The Morgan fingerprint density at radius 2 is 2.00 bits per heavy atom. The standard InChI is InChI=1S/C10H13NO3/c1-10(2,3)14-9-6-4-5-8(7-9)11(12)13/h4-7H,1-3H3. The summed E-state index contributed by atoms with van der Waals surface area (Å²) in [6, 6.07) is 6.18. The summed E-state index contributed by atoms with van der Waals surface area (Å²) in [5.41, 5.74) is -0.290. The summed E-state index contributed by atoms with van der Waals surface area (Å²) in [7, 11) is 0. The molecule has 0 unspecified atom stereocenters. The molecule has 0 spiro atoms. The van der Waals surface area contributed by atoms with E-state index in [1.54, 1.807) is 12.1 Å². The summed E-state index contributed by atoms with van der Waals surface area (Å²) in [6.45, 7) is 5.68. The van der Waals surface area contributed by atoms with Gasteiger partial charge in [-0.15, -0.1) is 0 Å². The number of non-ortho nitro benzene ring substituents is 1. The number of hydrogen-bond donors (Lipinski definition) is 0. The van der Waals surface area contributed by atoms with Crippen LogP contribution in [0.2, 0.25) is 0 Å². The maximum absolute atomic E-state index is 10.5. The topological polar surface area (TPSA) is 52.4 Å². The zero-order chi connectivity index (χ0) is 10.8. The summed E-state index contributed by atoms with van der Waals surface area (Å²) in [4.78, 5) is 10.0. The Hall–Kier alpha value is -1.58. The van der Waals surface area contributed by atoms with Crippen LogP contribution in [0.3, 0.4) is 0 Å². The van der Waals surface area contributed by atoms with Gasteiger partial charge in [-0.05, 0) is 26.8 Å². The normalized spacial score (nSPS) is 11.1. The van der Waals surface area contributed by atoms with Crippen LogP contribution in [0.1, 0.15) is 20.8 Å². The van der Waals surface area contributed by atoms with Crippen LogP contribution < -0.4 is 4.74 Å². The van der Waals surface area contributed by atoms with Crippen LogP contribution in [-0.4, -0.2) is 10.5 Å². The van der Waals surface area contributed by atoms with Crippen molar-refractivity contribution in [3.63, 3.8) is 0 Å². The molecule has 4 heteroatoms. The highest BCUT2D eigenvalue weighted by atomic mass is 16.6. The lowest BCUT2D eigenvalue weighted by molar-refractivity contribution is -0.385. The first kappa shape index (κ1) is 10.5. The second-order valence-corrected chi connectivity index (χ2v) is 3.97. The first-order valence-electron chi connectivity index (χ1n) is 4.32. The highest BCUT2D eigenvalue weighted by Gasteiger charge is 2.13. The van der Waals surface area contributed by atoms with Gasteiger partial charge in [0.15, 0.2) is 0 Å². The predicted molar refractivity (Wildman–Crippen MR) is 53.5 cm³/mol. The van der Waals surface area contributed by atoms with Crippen molar-refractivity contribution < 1.29 is 9.66 Å². The smallest absolute Gasteiger partial charge is 0.273 e. The summed E-state index contributed by atoms with van der Waals surface area (Å²) in [5, 5.41) is 10.5. The van der Waals surface area contributed by atoms with E-state index in [0.717, 1.165) is 0 Å². The third-order valence-electron chi connectivity index (χ3n) is 1.45. The van der Waals surface area contributed by atoms with E-state index in [-0.39, 0.29) is 11.3 Å². The zero-order valence-electron chi connectivity index (χ0n) is 8.48. The highest BCUT2D eigenvalue weighted by Crippen LogP contribution is 2.22. The lowest BCUT2D eigenvalue weighted by Crippen LogP contribution is -2.22. The van der Waals surface area contributed by atoms with Crippen LogP contribution >= 0.6 is 0 Å². The van der Waals surface area contributed by atoms with Crippen molar-refractivity contribution in [2.75, 3.05) is 0 Å². The highest BCUT2D eigenvalue weighted by molar-refractivity contribution is 5.38. The fourth-order valence-corrected chi connectivity index (χ4v) is 1.01. The summed E-state index contributed by atoms with van der Waals surface area (Å²) in [5.74, 6) is 0.520. The maximum atomic E-state index is 10.5. The van der Waals surface area contributed by atoms with E-state index in [9.17, 15) is 10.1 Å². The molecule has 0 atom stereocenters. The van der Waals surface area contributed by atoms with Crippen molar-refractivity contribution in [3.8, 4) is 5.75 Å². The minimum absolute atomic E-state index is 0.0479. The fourth-order valence-electron chi connectivity index (χ4n) is 1.01. The van der Waals surface area contributed by atoms with E-state index >= 15 is 0 Å². The van der Waals surface area contributed by atoms with E-state index in [1.165, 1.54) is 12.1 Å².